The van der Waals surface area contributed by atoms with Crippen molar-refractivity contribution < 1.29 is 19.1 Å². The Morgan fingerprint density at radius 1 is 1.20 bits per heavy atom. The van der Waals surface area contributed by atoms with Gasteiger partial charge in [0, 0.05) is 24.7 Å². The van der Waals surface area contributed by atoms with E-state index in [1.165, 1.54) is 4.90 Å². The van der Waals surface area contributed by atoms with Crippen LogP contribution < -0.4 is 0 Å². The highest BCUT2D eigenvalue weighted by Gasteiger charge is 2.36. The van der Waals surface area contributed by atoms with E-state index in [4.69, 9.17) is 4.42 Å². The Hall–Kier alpha value is -3.15. The molecule has 0 bridgehead atoms. The van der Waals surface area contributed by atoms with Crippen LogP contribution in [-0.2, 0) is 17.8 Å². The second kappa shape index (κ2) is 5.73. The minimum Gasteiger partial charge on any atom is -0.480 e. The molecule has 126 valence electrons. The third-order valence-corrected chi connectivity index (χ3v) is 4.52. The van der Waals surface area contributed by atoms with Gasteiger partial charge in [-0.3, -0.25) is 4.79 Å². The number of pyridine rings is 1. The molecule has 1 aliphatic heterocycles. The quantitative estimate of drug-likeness (QED) is 0.778. The summed E-state index contributed by atoms with van der Waals surface area (Å²) in [4.78, 5) is 30.3. The number of carbonyl (C=O) groups is 2. The lowest BCUT2D eigenvalue weighted by Gasteiger charge is -2.33. The molecule has 0 saturated carbocycles. The van der Waals surface area contributed by atoms with Gasteiger partial charge in [0.05, 0.1) is 0 Å². The summed E-state index contributed by atoms with van der Waals surface area (Å²) in [6.07, 6.45) is 0.287. The van der Waals surface area contributed by atoms with Gasteiger partial charge in [0.15, 0.2) is 11.3 Å². The van der Waals surface area contributed by atoms with Crippen molar-refractivity contribution in [3.05, 3.63) is 65.0 Å². The minimum absolute atomic E-state index is 0.110. The Balaban J connectivity index is 1.72. The third kappa shape index (κ3) is 2.65. The summed E-state index contributed by atoms with van der Waals surface area (Å²) in [5.74, 6) is -1.34. The fraction of sp³-hybridized carbons (Fsp3) is 0.211. The summed E-state index contributed by atoms with van der Waals surface area (Å²) >= 11 is 0. The number of carboxylic acid groups (broad SMARTS) is 1. The number of furan rings is 1. The topological polar surface area (TPSA) is 83.6 Å². The number of carboxylic acids is 1. The zero-order chi connectivity index (χ0) is 17.6. The molecule has 3 heterocycles. The first-order valence-electron chi connectivity index (χ1n) is 8.00. The van der Waals surface area contributed by atoms with E-state index in [0.717, 1.165) is 16.8 Å². The van der Waals surface area contributed by atoms with Crippen molar-refractivity contribution in [2.45, 2.75) is 25.9 Å². The number of benzene rings is 1. The van der Waals surface area contributed by atoms with Crippen LogP contribution in [0.5, 0.6) is 0 Å². The van der Waals surface area contributed by atoms with E-state index in [9.17, 15) is 14.7 Å². The first-order valence-corrected chi connectivity index (χ1v) is 8.00. The van der Waals surface area contributed by atoms with Crippen LogP contribution in [0.15, 0.2) is 46.9 Å². The summed E-state index contributed by atoms with van der Waals surface area (Å²) in [7, 11) is 0. The van der Waals surface area contributed by atoms with Crippen molar-refractivity contribution >= 4 is 23.0 Å². The van der Waals surface area contributed by atoms with Crippen molar-refractivity contribution in [2.75, 3.05) is 0 Å². The predicted molar refractivity (Wildman–Crippen MR) is 90.2 cm³/mol. The van der Waals surface area contributed by atoms with Gasteiger partial charge in [0.25, 0.3) is 5.91 Å². The molecule has 1 amide bonds. The number of amides is 1. The first-order chi connectivity index (χ1) is 12.0. The Labute approximate surface area is 143 Å². The van der Waals surface area contributed by atoms with Crippen LogP contribution >= 0.6 is 0 Å². The predicted octanol–water partition coefficient (Wildman–Crippen LogP) is 2.79. The molecular weight excluding hydrogens is 320 g/mol. The Morgan fingerprint density at radius 2 is 1.96 bits per heavy atom. The molecule has 0 radical (unpaired) electrons. The molecular formula is C19H16N2O4. The number of fused-ring (bicyclic) bond motifs is 2. The molecule has 1 N–H and O–H groups in total. The highest BCUT2D eigenvalue weighted by atomic mass is 16.4. The lowest BCUT2D eigenvalue weighted by atomic mass is 9.94. The molecule has 0 fully saturated rings. The summed E-state index contributed by atoms with van der Waals surface area (Å²) in [5, 5.41) is 9.57. The van der Waals surface area contributed by atoms with Gasteiger partial charge in [-0.05, 0) is 30.2 Å². The maximum absolute atomic E-state index is 12.9. The van der Waals surface area contributed by atoms with Crippen LogP contribution in [0.2, 0.25) is 0 Å². The normalized spacial score (nSPS) is 16.7. The fourth-order valence-electron chi connectivity index (χ4n) is 3.23. The lowest BCUT2D eigenvalue weighted by molar-refractivity contribution is -0.142. The van der Waals surface area contributed by atoms with Crippen LogP contribution in [-0.4, -0.2) is 32.9 Å². The summed E-state index contributed by atoms with van der Waals surface area (Å²) < 4.78 is 5.61. The Bertz CT molecular complexity index is 992. The highest BCUT2D eigenvalue weighted by molar-refractivity contribution is 5.97. The Kier molecular flexibility index (Phi) is 3.53. The summed E-state index contributed by atoms with van der Waals surface area (Å²) in [6, 6.07) is 11.8. The van der Waals surface area contributed by atoms with Crippen LogP contribution in [0.4, 0.5) is 0 Å². The van der Waals surface area contributed by atoms with Gasteiger partial charge in [-0.1, -0.05) is 24.3 Å². The molecule has 2 aromatic heterocycles. The van der Waals surface area contributed by atoms with Gasteiger partial charge in [0.1, 0.15) is 11.6 Å². The third-order valence-electron chi connectivity index (χ3n) is 4.52. The first kappa shape index (κ1) is 15.4. The van der Waals surface area contributed by atoms with E-state index in [0.29, 0.717) is 11.1 Å². The molecule has 1 aromatic carbocycles. The van der Waals surface area contributed by atoms with E-state index in [1.54, 1.807) is 18.2 Å². The fourth-order valence-corrected chi connectivity index (χ4v) is 3.23. The molecule has 0 aliphatic carbocycles. The average Bonchev–Trinajstić information content (AvgIpc) is 3.03. The number of aliphatic carboxylic acids is 1. The van der Waals surface area contributed by atoms with Crippen molar-refractivity contribution in [1.29, 1.82) is 0 Å². The standard InChI is InChI=1S/C19H16N2O4/c1-11-6-7-16-14(20-11)9-17(25-16)18(22)21-10-13-5-3-2-4-12(13)8-15(21)19(23)24/h2-7,9,15H,8,10H2,1H3,(H,23,24)/t15-/m0/s1. The van der Waals surface area contributed by atoms with E-state index < -0.39 is 17.9 Å². The maximum Gasteiger partial charge on any atom is 0.326 e. The molecule has 0 saturated heterocycles. The number of hydrogen-bond donors (Lipinski definition) is 1. The van der Waals surface area contributed by atoms with Gasteiger partial charge in [-0.2, -0.15) is 0 Å². The van der Waals surface area contributed by atoms with Crippen LogP contribution in [0, 0.1) is 6.92 Å². The molecule has 0 spiro atoms. The highest BCUT2D eigenvalue weighted by Crippen LogP contribution is 2.27. The monoisotopic (exact) mass is 336 g/mol. The molecule has 0 unspecified atom stereocenters. The molecule has 1 atom stereocenters. The number of carbonyl (C=O) groups excluding carboxylic acids is 1. The Morgan fingerprint density at radius 3 is 2.72 bits per heavy atom. The van der Waals surface area contributed by atoms with Gasteiger partial charge >= 0.3 is 5.97 Å². The summed E-state index contributed by atoms with van der Waals surface area (Å²) in [5.41, 5.74) is 3.84. The molecule has 3 aromatic rings. The van der Waals surface area contributed by atoms with Crippen molar-refractivity contribution in [2.24, 2.45) is 0 Å². The van der Waals surface area contributed by atoms with Crippen molar-refractivity contribution in [1.82, 2.24) is 9.88 Å². The van der Waals surface area contributed by atoms with Crippen molar-refractivity contribution in [3.8, 4) is 0 Å². The van der Waals surface area contributed by atoms with E-state index >= 15 is 0 Å². The molecule has 1 aliphatic rings. The van der Waals surface area contributed by atoms with Gasteiger partial charge in [-0.25, -0.2) is 9.78 Å². The van der Waals surface area contributed by atoms with E-state index in [2.05, 4.69) is 4.98 Å². The molecule has 6 nitrogen and oxygen atoms in total. The van der Waals surface area contributed by atoms with Crippen LogP contribution in [0.25, 0.3) is 11.1 Å². The van der Waals surface area contributed by atoms with Gasteiger partial charge in [-0.15, -0.1) is 0 Å². The number of nitrogens with zero attached hydrogens (tertiary/aromatic N) is 2. The number of hydrogen-bond acceptors (Lipinski definition) is 4. The van der Waals surface area contributed by atoms with E-state index in [-0.39, 0.29) is 18.7 Å². The molecule has 4 rings (SSSR count). The van der Waals surface area contributed by atoms with Gasteiger partial charge < -0.3 is 14.4 Å². The smallest absolute Gasteiger partial charge is 0.326 e. The molecule has 25 heavy (non-hydrogen) atoms. The minimum atomic E-state index is -1.02. The zero-order valence-electron chi connectivity index (χ0n) is 13.6. The number of rotatable bonds is 2. The van der Waals surface area contributed by atoms with Crippen LogP contribution in [0.1, 0.15) is 27.4 Å². The van der Waals surface area contributed by atoms with Gasteiger partial charge in [0.2, 0.25) is 0 Å². The molecule has 6 heteroatoms. The largest absolute Gasteiger partial charge is 0.480 e. The van der Waals surface area contributed by atoms with Crippen molar-refractivity contribution in [3.63, 3.8) is 0 Å². The number of aromatic nitrogens is 1. The maximum atomic E-state index is 12.9. The SMILES string of the molecule is Cc1ccc2oc(C(=O)N3Cc4ccccc4C[C@H]3C(=O)O)cc2n1. The second-order valence-electron chi connectivity index (χ2n) is 6.21. The van der Waals surface area contributed by atoms with E-state index in [1.807, 2.05) is 31.2 Å². The second-order valence-corrected chi connectivity index (χ2v) is 6.21. The van der Waals surface area contributed by atoms with Crippen LogP contribution in [0.3, 0.4) is 0 Å². The zero-order valence-corrected chi connectivity index (χ0v) is 13.6. The summed E-state index contributed by atoms with van der Waals surface area (Å²) in [6.45, 7) is 2.10. The average molecular weight is 336 g/mol. The number of aryl methyl sites for hydroxylation is 1. The lowest BCUT2D eigenvalue weighted by Crippen LogP contribution is -2.48.